The van der Waals surface area contributed by atoms with Crippen LogP contribution >= 0.6 is 11.3 Å². The minimum atomic E-state index is -0.440. The Balaban J connectivity index is 2.39. The average Bonchev–Trinajstić information content (AvgIpc) is 2.78. The first-order chi connectivity index (χ1) is 8.11. The van der Waals surface area contributed by atoms with Gasteiger partial charge in [-0.2, -0.15) is 0 Å². The predicted octanol–water partition coefficient (Wildman–Crippen LogP) is 3.16. The Bertz CT molecular complexity index is 565. The van der Waals surface area contributed by atoms with Gasteiger partial charge in [0.2, 0.25) is 0 Å². The molecule has 0 aliphatic carbocycles. The van der Waals surface area contributed by atoms with Gasteiger partial charge < -0.3 is 4.74 Å². The Kier molecular flexibility index (Phi) is 3.19. The maximum Gasteiger partial charge on any atom is 0.171 e. The summed E-state index contributed by atoms with van der Waals surface area (Å²) in [6.45, 7) is 1.48. The number of carbonyl (C=O) groups excluding carboxylic acids is 1. The van der Waals surface area contributed by atoms with Crippen LogP contribution in [0.5, 0.6) is 5.75 Å². The number of thiazole rings is 1. The molecule has 1 aromatic carbocycles. The van der Waals surface area contributed by atoms with Crippen molar-refractivity contribution in [3.8, 4) is 16.3 Å². The first kappa shape index (κ1) is 11.7. The molecule has 3 nitrogen and oxygen atoms in total. The van der Waals surface area contributed by atoms with Crippen LogP contribution in [0.2, 0.25) is 0 Å². The fourth-order valence-corrected chi connectivity index (χ4v) is 2.18. The molecule has 0 atom stereocenters. The van der Waals surface area contributed by atoms with Gasteiger partial charge >= 0.3 is 0 Å². The van der Waals surface area contributed by atoms with Crippen molar-refractivity contribution in [2.75, 3.05) is 7.11 Å². The van der Waals surface area contributed by atoms with E-state index in [1.54, 1.807) is 12.1 Å². The van der Waals surface area contributed by atoms with Crippen molar-refractivity contribution >= 4 is 17.1 Å². The summed E-state index contributed by atoms with van der Waals surface area (Å²) in [7, 11) is 1.41. The van der Waals surface area contributed by atoms with Gasteiger partial charge in [0.1, 0.15) is 5.01 Å². The Hall–Kier alpha value is -1.75. The number of hydrogen-bond acceptors (Lipinski definition) is 4. The van der Waals surface area contributed by atoms with E-state index in [1.807, 2.05) is 0 Å². The lowest BCUT2D eigenvalue weighted by molar-refractivity contribution is 0.102. The number of nitrogens with zero attached hydrogens (tertiary/aromatic N) is 1. The van der Waals surface area contributed by atoms with Gasteiger partial charge in [-0.25, -0.2) is 9.37 Å². The highest BCUT2D eigenvalue weighted by molar-refractivity contribution is 7.16. The van der Waals surface area contributed by atoms with Gasteiger partial charge in [-0.3, -0.25) is 4.79 Å². The smallest absolute Gasteiger partial charge is 0.171 e. The highest BCUT2D eigenvalue weighted by atomic mass is 32.1. The highest BCUT2D eigenvalue weighted by Crippen LogP contribution is 2.28. The molecule has 2 aromatic rings. The molecule has 0 aliphatic rings. The van der Waals surface area contributed by atoms with E-state index in [0.717, 1.165) is 0 Å². The third-order valence-corrected chi connectivity index (χ3v) is 3.40. The summed E-state index contributed by atoms with van der Waals surface area (Å²) < 4.78 is 18.3. The molecule has 0 fully saturated rings. The molecule has 17 heavy (non-hydrogen) atoms. The van der Waals surface area contributed by atoms with Crippen molar-refractivity contribution in [2.24, 2.45) is 0 Å². The number of ether oxygens (including phenoxy) is 1. The zero-order valence-electron chi connectivity index (χ0n) is 9.36. The summed E-state index contributed by atoms with van der Waals surface area (Å²) in [5.41, 5.74) is 0.640. The summed E-state index contributed by atoms with van der Waals surface area (Å²) in [5.74, 6) is -0.288. The van der Waals surface area contributed by atoms with E-state index in [0.29, 0.717) is 15.4 Å². The number of aromatic nitrogens is 1. The molecule has 0 unspecified atom stereocenters. The second-order valence-corrected chi connectivity index (χ2v) is 4.47. The Morgan fingerprint density at radius 1 is 1.47 bits per heavy atom. The molecule has 0 spiro atoms. The largest absolute Gasteiger partial charge is 0.494 e. The van der Waals surface area contributed by atoms with Gasteiger partial charge in [-0.1, -0.05) is 0 Å². The lowest BCUT2D eigenvalue weighted by Gasteiger charge is -2.02. The second kappa shape index (κ2) is 4.63. The maximum atomic E-state index is 13.5. The number of ketones is 1. The van der Waals surface area contributed by atoms with E-state index >= 15 is 0 Å². The normalized spacial score (nSPS) is 10.3. The third-order valence-electron chi connectivity index (χ3n) is 2.25. The number of Topliss-reactive ketones (excluding diaryl/α,β-unsaturated/α-hetero) is 1. The summed E-state index contributed by atoms with van der Waals surface area (Å²) >= 11 is 1.25. The molecule has 0 saturated carbocycles. The van der Waals surface area contributed by atoms with Gasteiger partial charge in [0.15, 0.2) is 17.3 Å². The van der Waals surface area contributed by atoms with Gasteiger partial charge in [0, 0.05) is 18.7 Å². The van der Waals surface area contributed by atoms with Gasteiger partial charge in [-0.05, 0) is 18.2 Å². The van der Waals surface area contributed by atoms with Crippen molar-refractivity contribution in [2.45, 2.75) is 6.92 Å². The molecule has 1 aromatic heterocycles. The van der Waals surface area contributed by atoms with Crippen LogP contribution in [0, 0.1) is 5.82 Å². The number of halogens is 1. The van der Waals surface area contributed by atoms with Crippen LogP contribution in [0.3, 0.4) is 0 Å². The second-order valence-electron chi connectivity index (χ2n) is 3.44. The van der Waals surface area contributed by atoms with Crippen LogP contribution in [-0.4, -0.2) is 17.9 Å². The van der Waals surface area contributed by atoms with E-state index < -0.39 is 5.82 Å². The van der Waals surface area contributed by atoms with Crippen molar-refractivity contribution in [3.05, 3.63) is 35.1 Å². The first-order valence-corrected chi connectivity index (χ1v) is 5.74. The average molecular weight is 251 g/mol. The van der Waals surface area contributed by atoms with Crippen LogP contribution in [0.4, 0.5) is 4.39 Å². The van der Waals surface area contributed by atoms with Crippen molar-refractivity contribution in [3.63, 3.8) is 0 Å². The number of benzene rings is 1. The Morgan fingerprint density at radius 3 is 2.76 bits per heavy atom. The molecule has 2 rings (SSSR count). The number of rotatable bonds is 3. The molecule has 0 aliphatic heterocycles. The summed E-state index contributed by atoms with van der Waals surface area (Å²) in [6, 6.07) is 4.60. The maximum absolute atomic E-state index is 13.5. The number of methoxy groups -OCH3 is 1. The molecular formula is C12H10FNO2S. The zero-order chi connectivity index (χ0) is 12.4. The summed E-state index contributed by atoms with van der Waals surface area (Å²) in [4.78, 5) is 15.8. The highest BCUT2D eigenvalue weighted by Gasteiger charge is 2.10. The van der Waals surface area contributed by atoms with E-state index in [1.165, 1.54) is 37.6 Å². The Labute approximate surface area is 102 Å². The molecule has 1 heterocycles. The molecule has 0 radical (unpaired) electrons. The van der Waals surface area contributed by atoms with Gasteiger partial charge in [0.25, 0.3) is 0 Å². The third kappa shape index (κ3) is 2.34. The van der Waals surface area contributed by atoms with Crippen LogP contribution in [0.1, 0.15) is 16.6 Å². The molecule has 88 valence electrons. The lowest BCUT2D eigenvalue weighted by Crippen LogP contribution is -1.88. The fourth-order valence-electron chi connectivity index (χ4n) is 1.37. The van der Waals surface area contributed by atoms with Crippen LogP contribution < -0.4 is 4.74 Å². The zero-order valence-corrected chi connectivity index (χ0v) is 10.2. The van der Waals surface area contributed by atoms with Gasteiger partial charge in [0.05, 0.1) is 12.0 Å². The minimum absolute atomic E-state index is 0.0391. The number of hydrogen-bond donors (Lipinski definition) is 0. The summed E-state index contributed by atoms with van der Waals surface area (Å²) in [5, 5.41) is 0.622. The predicted molar refractivity (Wildman–Crippen MR) is 64.1 cm³/mol. The molecule has 0 amide bonds. The molecule has 0 saturated heterocycles. The molecule has 0 bridgehead atoms. The van der Waals surface area contributed by atoms with Gasteiger partial charge in [-0.15, -0.1) is 11.3 Å². The molecular weight excluding hydrogens is 241 g/mol. The van der Waals surface area contributed by atoms with Crippen molar-refractivity contribution in [1.82, 2.24) is 4.98 Å². The van der Waals surface area contributed by atoms with E-state index in [9.17, 15) is 9.18 Å². The van der Waals surface area contributed by atoms with Crippen LogP contribution in [0.25, 0.3) is 10.6 Å². The Morgan fingerprint density at radius 2 is 2.24 bits per heavy atom. The van der Waals surface area contributed by atoms with Crippen LogP contribution in [-0.2, 0) is 0 Å². The minimum Gasteiger partial charge on any atom is -0.494 e. The molecule has 0 N–H and O–H groups in total. The fraction of sp³-hybridized carbons (Fsp3) is 0.167. The van der Waals surface area contributed by atoms with Crippen molar-refractivity contribution < 1.29 is 13.9 Å². The monoisotopic (exact) mass is 251 g/mol. The summed E-state index contributed by atoms with van der Waals surface area (Å²) in [6.07, 6.45) is 1.50. The quantitative estimate of drug-likeness (QED) is 0.786. The van der Waals surface area contributed by atoms with E-state index in [-0.39, 0.29) is 11.5 Å². The first-order valence-electron chi connectivity index (χ1n) is 4.92. The topological polar surface area (TPSA) is 39.2 Å². The molecule has 5 heteroatoms. The SMILES string of the molecule is COc1ccc(-c2ncc(C(C)=O)s2)cc1F. The lowest BCUT2D eigenvalue weighted by atomic mass is 10.2. The van der Waals surface area contributed by atoms with E-state index in [4.69, 9.17) is 4.74 Å². The number of carbonyl (C=O) groups is 1. The van der Waals surface area contributed by atoms with Crippen LogP contribution in [0.15, 0.2) is 24.4 Å². The van der Waals surface area contributed by atoms with Crippen molar-refractivity contribution in [1.29, 1.82) is 0 Å². The standard InChI is InChI=1S/C12H10FNO2S/c1-7(15)11-6-14-12(17-11)8-3-4-10(16-2)9(13)5-8/h3-6H,1-2H3. The van der Waals surface area contributed by atoms with E-state index in [2.05, 4.69) is 4.98 Å².